The van der Waals surface area contributed by atoms with E-state index in [0.29, 0.717) is 56.0 Å². The van der Waals surface area contributed by atoms with Gasteiger partial charge in [-0.15, -0.1) is 0 Å². The lowest BCUT2D eigenvalue weighted by atomic mass is 9.96. The Bertz CT molecular complexity index is 1500. The van der Waals surface area contributed by atoms with Crippen molar-refractivity contribution in [2.24, 2.45) is 5.92 Å². The number of aromatic nitrogens is 3. The van der Waals surface area contributed by atoms with Gasteiger partial charge in [0, 0.05) is 67.8 Å². The molecule has 2 amide bonds. The SMILES string of the molecule is Cc1cn(C[C@@H]2CCN(C(=O)[C@H]3CN([C@@H]4c5ccc(Cl)cc5OCc5cccnc54)CCN3C(=O)OC(C)(C)C)C2)cn1. The number of hydrogen-bond acceptors (Lipinski definition) is 7. The number of carbonyl (C=O) groups excluding carboxylic acids is 2. The maximum absolute atomic E-state index is 14.3. The van der Waals surface area contributed by atoms with E-state index in [0.717, 1.165) is 35.5 Å². The molecule has 0 bridgehead atoms. The first kappa shape index (κ1) is 29.4. The third-order valence-electron chi connectivity index (χ3n) is 8.36. The minimum absolute atomic E-state index is 0.0534. The predicted octanol–water partition coefficient (Wildman–Crippen LogP) is 4.69. The van der Waals surface area contributed by atoms with E-state index in [1.807, 2.05) is 75.5 Å². The molecule has 5 heterocycles. The lowest BCUT2D eigenvalue weighted by Gasteiger charge is -2.44. The van der Waals surface area contributed by atoms with Gasteiger partial charge >= 0.3 is 6.09 Å². The number of imidazole rings is 1. The summed E-state index contributed by atoms with van der Waals surface area (Å²) in [7, 11) is 0. The molecule has 1 aromatic carbocycles. The molecule has 0 spiro atoms. The van der Waals surface area contributed by atoms with Gasteiger partial charge in [-0.05, 0) is 58.2 Å². The monoisotopic (exact) mass is 606 g/mol. The van der Waals surface area contributed by atoms with Crippen molar-refractivity contribution in [3.05, 3.63) is 76.6 Å². The molecule has 0 N–H and O–H groups in total. The number of benzene rings is 1. The van der Waals surface area contributed by atoms with Crippen molar-refractivity contribution in [2.75, 3.05) is 32.7 Å². The Hall–Kier alpha value is -3.63. The number of likely N-dealkylation sites (tertiary alicyclic amines) is 1. The molecule has 6 rings (SSSR count). The highest BCUT2D eigenvalue weighted by molar-refractivity contribution is 6.30. The fourth-order valence-corrected chi connectivity index (χ4v) is 6.56. The van der Waals surface area contributed by atoms with Crippen LogP contribution >= 0.6 is 11.6 Å². The Morgan fingerprint density at radius 2 is 1.95 bits per heavy atom. The van der Waals surface area contributed by atoms with Crippen LogP contribution in [0.25, 0.3) is 0 Å². The normalized spacial score (nSPS) is 22.4. The average Bonchev–Trinajstić information content (AvgIpc) is 3.56. The van der Waals surface area contributed by atoms with Crippen molar-refractivity contribution < 1.29 is 19.1 Å². The van der Waals surface area contributed by atoms with Gasteiger partial charge in [0.1, 0.15) is 24.0 Å². The Morgan fingerprint density at radius 1 is 1.12 bits per heavy atom. The molecule has 228 valence electrons. The maximum atomic E-state index is 14.3. The molecule has 0 aliphatic carbocycles. The van der Waals surface area contributed by atoms with Gasteiger partial charge in [0.15, 0.2) is 0 Å². The first-order valence-electron chi connectivity index (χ1n) is 14.9. The second-order valence-corrected chi connectivity index (χ2v) is 13.2. The summed E-state index contributed by atoms with van der Waals surface area (Å²) >= 11 is 6.36. The largest absolute Gasteiger partial charge is 0.488 e. The molecule has 10 nitrogen and oxygen atoms in total. The lowest BCUT2D eigenvalue weighted by molar-refractivity contribution is -0.138. The van der Waals surface area contributed by atoms with Gasteiger partial charge in [-0.3, -0.25) is 19.6 Å². The zero-order valence-corrected chi connectivity index (χ0v) is 26.0. The average molecular weight is 607 g/mol. The highest BCUT2D eigenvalue weighted by atomic mass is 35.5. The summed E-state index contributed by atoms with van der Waals surface area (Å²) in [6.07, 6.45) is 6.10. The van der Waals surface area contributed by atoms with E-state index < -0.39 is 17.7 Å². The molecule has 0 radical (unpaired) electrons. The molecule has 2 fully saturated rings. The van der Waals surface area contributed by atoms with Crippen molar-refractivity contribution in [3.8, 4) is 5.75 Å². The van der Waals surface area contributed by atoms with E-state index in [-0.39, 0.29) is 11.9 Å². The van der Waals surface area contributed by atoms with E-state index in [1.54, 1.807) is 11.1 Å². The van der Waals surface area contributed by atoms with E-state index >= 15 is 0 Å². The summed E-state index contributed by atoms with van der Waals surface area (Å²) in [6, 6.07) is 8.63. The zero-order valence-electron chi connectivity index (χ0n) is 25.2. The highest BCUT2D eigenvalue weighted by Crippen LogP contribution is 2.41. The highest BCUT2D eigenvalue weighted by Gasteiger charge is 2.44. The number of aryl methyl sites for hydroxylation is 1. The summed E-state index contributed by atoms with van der Waals surface area (Å²) in [5.41, 5.74) is 3.11. The molecule has 2 saturated heterocycles. The Balaban J connectivity index is 1.29. The maximum Gasteiger partial charge on any atom is 0.411 e. The number of rotatable bonds is 4. The lowest BCUT2D eigenvalue weighted by Crippen LogP contribution is -2.62. The van der Waals surface area contributed by atoms with Gasteiger partial charge in [0.2, 0.25) is 5.91 Å². The Morgan fingerprint density at radius 3 is 2.72 bits per heavy atom. The predicted molar refractivity (Wildman–Crippen MR) is 162 cm³/mol. The van der Waals surface area contributed by atoms with Crippen LogP contribution in [-0.2, 0) is 22.7 Å². The standard InChI is InChI=1S/C32H39ClN6O4/c1-21-15-36(20-35-21)16-22-9-11-38(17-22)30(40)26-18-37(12-13-39(26)31(41)43-32(2,3)4)29-25-8-7-24(33)14-27(25)42-19-23-6-5-10-34-28(23)29/h5-8,10,14-15,20,22,26,29H,9,11-13,16-19H2,1-4H3/t22-,26+,29+/m0/s1. The third-order valence-corrected chi connectivity index (χ3v) is 8.59. The number of fused-ring (bicyclic) bond motifs is 2. The van der Waals surface area contributed by atoms with E-state index in [1.165, 1.54) is 0 Å². The molecule has 3 aromatic rings. The number of carbonyl (C=O) groups is 2. The van der Waals surface area contributed by atoms with E-state index in [2.05, 4.69) is 14.5 Å². The molecule has 3 atom stereocenters. The second kappa shape index (κ2) is 11.8. The molecular formula is C32H39ClN6O4. The first-order valence-corrected chi connectivity index (χ1v) is 15.3. The van der Waals surface area contributed by atoms with Crippen LogP contribution in [0.2, 0.25) is 5.02 Å². The number of nitrogens with zero attached hydrogens (tertiary/aromatic N) is 6. The van der Waals surface area contributed by atoms with Crippen molar-refractivity contribution >= 4 is 23.6 Å². The topological polar surface area (TPSA) is 93.0 Å². The number of amides is 2. The molecule has 3 aliphatic heterocycles. The minimum atomic E-state index is -0.704. The first-order chi connectivity index (χ1) is 20.6. The number of halogens is 1. The van der Waals surface area contributed by atoms with Crippen LogP contribution in [0.5, 0.6) is 5.75 Å². The number of ether oxygens (including phenoxy) is 2. The smallest absolute Gasteiger partial charge is 0.411 e. The van der Waals surface area contributed by atoms with Crippen molar-refractivity contribution in [1.29, 1.82) is 0 Å². The second-order valence-electron chi connectivity index (χ2n) is 12.8. The van der Waals surface area contributed by atoms with Crippen molar-refractivity contribution in [1.82, 2.24) is 29.2 Å². The van der Waals surface area contributed by atoms with Crippen LogP contribution in [-0.4, -0.2) is 85.6 Å². The van der Waals surface area contributed by atoms with E-state index in [9.17, 15) is 9.59 Å². The van der Waals surface area contributed by atoms with Gasteiger partial charge in [0.05, 0.1) is 23.8 Å². The zero-order chi connectivity index (χ0) is 30.3. The van der Waals surface area contributed by atoms with Gasteiger partial charge in [0.25, 0.3) is 0 Å². The summed E-state index contributed by atoms with van der Waals surface area (Å²) < 4.78 is 14.1. The summed E-state index contributed by atoms with van der Waals surface area (Å²) in [6.45, 7) is 11.2. The fourth-order valence-electron chi connectivity index (χ4n) is 6.40. The number of piperazine rings is 1. The molecule has 11 heteroatoms. The molecule has 0 saturated carbocycles. The van der Waals surface area contributed by atoms with Crippen LogP contribution in [0, 0.1) is 12.8 Å². The molecule has 0 unspecified atom stereocenters. The van der Waals surface area contributed by atoms with Crippen LogP contribution in [0.1, 0.15) is 55.7 Å². The fraction of sp³-hybridized carbons (Fsp3) is 0.500. The third kappa shape index (κ3) is 6.35. The number of hydrogen-bond donors (Lipinski definition) is 0. The quantitative estimate of drug-likeness (QED) is 0.425. The van der Waals surface area contributed by atoms with Gasteiger partial charge in [-0.1, -0.05) is 23.7 Å². The van der Waals surface area contributed by atoms with Crippen molar-refractivity contribution in [3.63, 3.8) is 0 Å². The molecule has 2 aromatic heterocycles. The Kier molecular flexibility index (Phi) is 8.08. The summed E-state index contributed by atoms with van der Waals surface area (Å²) in [5.74, 6) is 0.964. The van der Waals surface area contributed by atoms with E-state index in [4.69, 9.17) is 26.1 Å². The molecular weight excluding hydrogens is 568 g/mol. The Labute approximate surface area is 257 Å². The number of pyridine rings is 1. The van der Waals surface area contributed by atoms with Crippen LogP contribution in [0.4, 0.5) is 4.79 Å². The van der Waals surface area contributed by atoms with Gasteiger partial charge < -0.3 is 18.9 Å². The summed E-state index contributed by atoms with van der Waals surface area (Å²) in [4.78, 5) is 42.7. The van der Waals surface area contributed by atoms with Gasteiger partial charge in [-0.25, -0.2) is 9.78 Å². The van der Waals surface area contributed by atoms with Crippen molar-refractivity contribution in [2.45, 2.75) is 65.0 Å². The van der Waals surface area contributed by atoms with Crippen LogP contribution in [0.3, 0.4) is 0 Å². The molecule has 43 heavy (non-hydrogen) atoms. The van der Waals surface area contributed by atoms with Crippen LogP contribution < -0.4 is 4.74 Å². The minimum Gasteiger partial charge on any atom is -0.488 e. The van der Waals surface area contributed by atoms with Gasteiger partial charge in [-0.2, -0.15) is 0 Å². The molecule has 3 aliphatic rings. The summed E-state index contributed by atoms with van der Waals surface area (Å²) in [5, 5.41) is 0.591. The van der Waals surface area contributed by atoms with Crippen LogP contribution in [0.15, 0.2) is 49.1 Å².